The normalized spacial score (nSPS) is 18.8. The van der Waals surface area contributed by atoms with Crippen LogP contribution in [0.5, 0.6) is 0 Å². The van der Waals surface area contributed by atoms with E-state index < -0.39 is 0 Å². The number of hydrogen-bond acceptors (Lipinski definition) is 3. The molecule has 0 aromatic heterocycles. The number of carbonyl (C=O) groups is 2. The number of nitrogens with zero attached hydrogens (tertiary/aromatic N) is 2. The number of benzene rings is 2. The van der Waals surface area contributed by atoms with Gasteiger partial charge in [0.05, 0.1) is 12.6 Å². The summed E-state index contributed by atoms with van der Waals surface area (Å²) in [5, 5.41) is 3.24. The minimum Gasteiger partial charge on any atom is -0.348 e. The van der Waals surface area contributed by atoms with Crippen LogP contribution in [0.3, 0.4) is 0 Å². The first kappa shape index (κ1) is 22.5. The van der Waals surface area contributed by atoms with E-state index in [2.05, 4.69) is 10.2 Å². The topological polar surface area (TPSA) is 52.7 Å². The Balaban J connectivity index is 1.34. The van der Waals surface area contributed by atoms with Crippen molar-refractivity contribution in [2.75, 3.05) is 32.7 Å². The molecule has 1 N–H and O–H groups in total. The van der Waals surface area contributed by atoms with Gasteiger partial charge in [-0.2, -0.15) is 0 Å². The van der Waals surface area contributed by atoms with Crippen molar-refractivity contribution in [1.82, 2.24) is 15.1 Å². The summed E-state index contributed by atoms with van der Waals surface area (Å²) in [5.74, 6) is 0.181. The molecular formula is C26H32FN3O2. The van der Waals surface area contributed by atoms with Crippen LogP contribution in [0.25, 0.3) is 0 Å². The van der Waals surface area contributed by atoms with E-state index in [9.17, 15) is 14.0 Å². The van der Waals surface area contributed by atoms with Crippen LogP contribution >= 0.6 is 0 Å². The fraction of sp³-hybridized carbons (Fsp3) is 0.462. The van der Waals surface area contributed by atoms with Crippen LogP contribution in [-0.4, -0.2) is 54.3 Å². The van der Waals surface area contributed by atoms with Crippen molar-refractivity contribution >= 4 is 11.8 Å². The highest BCUT2D eigenvalue weighted by molar-refractivity contribution is 5.94. The summed E-state index contributed by atoms with van der Waals surface area (Å²) in [6.45, 7) is 3.10. The van der Waals surface area contributed by atoms with Crippen molar-refractivity contribution < 1.29 is 14.0 Å². The van der Waals surface area contributed by atoms with E-state index in [0.29, 0.717) is 37.7 Å². The summed E-state index contributed by atoms with van der Waals surface area (Å²) in [6.07, 6.45) is 5.37. The van der Waals surface area contributed by atoms with Gasteiger partial charge in [0.25, 0.3) is 5.91 Å². The lowest BCUT2D eigenvalue weighted by atomic mass is 9.91. The molecule has 2 fully saturated rings. The van der Waals surface area contributed by atoms with Crippen LogP contribution in [0, 0.1) is 11.7 Å². The van der Waals surface area contributed by atoms with Crippen molar-refractivity contribution in [2.24, 2.45) is 5.92 Å². The minimum absolute atomic E-state index is 0.00550. The zero-order valence-electron chi connectivity index (χ0n) is 18.5. The Kier molecular flexibility index (Phi) is 7.53. The fourth-order valence-electron chi connectivity index (χ4n) is 4.95. The quantitative estimate of drug-likeness (QED) is 0.743. The second-order valence-corrected chi connectivity index (χ2v) is 8.93. The molecule has 1 aliphatic heterocycles. The van der Waals surface area contributed by atoms with Crippen molar-refractivity contribution in [1.29, 1.82) is 0 Å². The molecule has 2 amide bonds. The average Bonchev–Trinajstić information content (AvgIpc) is 3.25. The summed E-state index contributed by atoms with van der Waals surface area (Å²) in [7, 11) is 0. The standard InChI is InChI=1S/C26H32FN3O2/c27-23-13-11-21(12-14-23)25(20-7-4-5-8-20)28-24(31)19-29-15-6-16-30(18-17-29)26(32)22-9-2-1-3-10-22/h1-3,9-14,20,25H,4-8,15-19H2,(H,28,31). The molecular weight excluding hydrogens is 405 g/mol. The Morgan fingerprint density at radius 1 is 0.906 bits per heavy atom. The molecule has 1 saturated carbocycles. The second-order valence-electron chi connectivity index (χ2n) is 8.93. The van der Waals surface area contributed by atoms with Gasteiger partial charge >= 0.3 is 0 Å². The van der Waals surface area contributed by atoms with Crippen molar-refractivity contribution in [3.05, 3.63) is 71.5 Å². The van der Waals surface area contributed by atoms with Crippen molar-refractivity contribution in [3.63, 3.8) is 0 Å². The van der Waals surface area contributed by atoms with Gasteiger partial charge in [-0.05, 0) is 55.0 Å². The number of carbonyl (C=O) groups excluding carboxylic acids is 2. The summed E-state index contributed by atoms with van der Waals surface area (Å²) in [6, 6.07) is 15.8. The van der Waals surface area contributed by atoms with Crippen LogP contribution in [0.4, 0.5) is 4.39 Å². The Labute approximate surface area is 189 Å². The predicted molar refractivity (Wildman–Crippen MR) is 123 cm³/mol. The van der Waals surface area contributed by atoms with E-state index in [0.717, 1.165) is 31.4 Å². The first-order valence-electron chi connectivity index (χ1n) is 11.7. The SMILES string of the molecule is O=C(CN1CCCN(C(=O)c2ccccc2)CC1)NC(c1ccc(F)cc1)C1CCCC1. The van der Waals surface area contributed by atoms with Gasteiger partial charge in [-0.1, -0.05) is 43.2 Å². The highest BCUT2D eigenvalue weighted by Gasteiger charge is 2.29. The van der Waals surface area contributed by atoms with E-state index >= 15 is 0 Å². The molecule has 0 bridgehead atoms. The summed E-state index contributed by atoms with van der Waals surface area (Å²) >= 11 is 0. The Bertz CT molecular complexity index is 897. The summed E-state index contributed by atoms with van der Waals surface area (Å²) < 4.78 is 13.4. The van der Waals surface area contributed by atoms with Crippen molar-refractivity contribution in [2.45, 2.75) is 38.1 Å². The van der Waals surface area contributed by atoms with Gasteiger partial charge in [-0.25, -0.2) is 4.39 Å². The second kappa shape index (κ2) is 10.7. The van der Waals surface area contributed by atoms with E-state index in [4.69, 9.17) is 0 Å². The number of hydrogen-bond donors (Lipinski definition) is 1. The Hall–Kier alpha value is -2.73. The lowest BCUT2D eigenvalue weighted by molar-refractivity contribution is -0.123. The van der Waals surface area contributed by atoms with E-state index in [-0.39, 0.29) is 23.7 Å². The van der Waals surface area contributed by atoms with Gasteiger partial charge in [0, 0.05) is 31.7 Å². The molecule has 170 valence electrons. The molecule has 1 saturated heterocycles. The van der Waals surface area contributed by atoms with Gasteiger partial charge in [-0.15, -0.1) is 0 Å². The highest BCUT2D eigenvalue weighted by atomic mass is 19.1. The fourth-order valence-corrected chi connectivity index (χ4v) is 4.95. The number of nitrogens with one attached hydrogen (secondary N) is 1. The molecule has 1 unspecified atom stereocenters. The molecule has 5 nitrogen and oxygen atoms in total. The molecule has 2 aromatic rings. The van der Waals surface area contributed by atoms with Crippen LogP contribution < -0.4 is 5.32 Å². The van der Waals surface area contributed by atoms with Crippen LogP contribution in [0.15, 0.2) is 54.6 Å². The first-order valence-corrected chi connectivity index (χ1v) is 11.7. The molecule has 0 radical (unpaired) electrons. The molecule has 32 heavy (non-hydrogen) atoms. The third-order valence-corrected chi connectivity index (χ3v) is 6.68. The van der Waals surface area contributed by atoms with Gasteiger partial charge in [0.15, 0.2) is 0 Å². The zero-order chi connectivity index (χ0) is 22.3. The molecule has 2 aromatic carbocycles. The first-order chi connectivity index (χ1) is 15.6. The maximum atomic E-state index is 13.4. The van der Waals surface area contributed by atoms with E-state index in [1.807, 2.05) is 35.2 Å². The third kappa shape index (κ3) is 5.74. The largest absolute Gasteiger partial charge is 0.348 e. The molecule has 0 spiro atoms. The van der Waals surface area contributed by atoms with E-state index in [1.54, 1.807) is 12.1 Å². The van der Waals surface area contributed by atoms with Gasteiger partial charge in [0.2, 0.25) is 5.91 Å². The predicted octanol–water partition coefficient (Wildman–Crippen LogP) is 4.02. The molecule has 6 heteroatoms. The van der Waals surface area contributed by atoms with Crippen LogP contribution in [-0.2, 0) is 4.79 Å². The number of halogens is 1. The van der Waals surface area contributed by atoms with Gasteiger partial charge in [0.1, 0.15) is 5.82 Å². The Morgan fingerprint density at radius 3 is 2.34 bits per heavy atom. The molecule has 1 aliphatic carbocycles. The third-order valence-electron chi connectivity index (χ3n) is 6.68. The Morgan fingerprint density at radius 2 is 1.62 bits per heavy atom. The van der Waals surface area contributed by atoms with Crippen LogP contribution in [0.2, 0.25) is 0 Å². The summed E-state index contributed by atoms with van der Waals surface area (Å²) in [4.78, 5) is 29.7. The van der Waals surface area contributed by atoms with Crippen LogP contribution in [0.1, 0.15) is 54.1 Å². The highest BCUT2D eigenvalue weighted by Crippen LogP contribution is 2.35. The average molecular weight is 438 g/mol. The molecule has 4 rings (SSSR count). The number of amides is 2. The van der Waals surface area contributed by atoms with Gasteiger partial charge in [-0.3, -0.25) is 14.5 Å². The van der Waals surface area contributed by atoms with Crippen molar-refractivity contribution in [3.8, 4) is 0 Å². The smallest absolute Gasteiger partial charge is 0.253 e. The minimum atomic E-state index is -0.260. The van der Waals surface area contributed by atoms with E-state index in [1.165, 1.54) is 25.0 Å². The molecule has 1 heterocycles. The zero-order valence-corrected chi connectivity index (χ0v) is 18.5. The molecule has 1 atom stereocenters. The maximum absolute atomic E-state index is 13.4. The van der Waals surface area contributed by atoms with Gasteiger partial charge < -0.3 is 10.2 Å². The molecule has 2 aliphatic rings. The lowest BCUT2D eigenvalue weighted by Gasteiger charge is -2.27. The maximum Gasteiger partial charge on any atom is 0.253 e. The summed E-state index contributed by atoms with van der Waals surface area (Å²) in [5.41, 5.74) is 1.68. The lowest BCUT2D eigenvalue weighted by Crippen LogP contribution is -2.42. The number of rotatable bonds is 6. The monoisotopic (exact) mass is 437 g/mol.